The second-order valence-electron chi connectivity index (χ2n) is 20.9. The number of benzene rings is 3. The second-order valence-corrected chi connectivity index (χ2v) is 22.0. The molecular weight excluding hydrogens is 949 g/mol. The number of hydrogen-bond donors (Lipinski definition) is 0. The molecule has 0 saturated heterocycles. The number of aromatic nitrogens is 4. The molecule has 0 N–H and O–H groups in total. The van der Waals surface area contributed by atoms with Crippen molar-refractivity contribution in [1.29, 1.82) is 10.5 Å². The Bertz CT molecular complexity index is 3020. The summed E-state index contributed by atoms with van der Waals surface area (Å²) in [6.07, 6.45) is 8.26. The van der Waals surface area contributed by atoms with E-state index < -0.39 is 0 Å². The fraction of sp³-hybridized carbons (Fsp3) is 0.286. The summed E-state index contributed by atoms with van der Waals surface area (Å²) in [7, 11) is 0. The Morgan fingerprint density at radius 1 is 0.422 bits per heavy atom. The van der Waals surface area contributed by atoms with Crippen molar-refractivity contribution in [3.8, 4) is 45.5 Å². The van der Waals surface area contributed by atoms with E-state index in [4.69, 9.17) is 19.9 Å². The van der Waals surface area contributed by atoms with Crippen LogP contribution in [0.4, 0.5) is 0 Å². The summed E-state index contributed by atoms with van der Waals surface area (Å²) in [5, 5.41) is 20.3. The van der Waals surface area contributed by atoms with Gasteiger partial charge in [0.15, 0.2) is 0 Å². The topological polar surface area (TPSA) is 102 Å². The number of rotatable bonds is 3. The van der Waals surface area contributed by atoms with Crippen molar-refractivity contribution in [2.75, 3.05) is 0 Å². The Kier molecular flexibility index (Phi) is 12.3. The van der Waals surface area contributed by atoms with E-state index in [1.807, 2.05) is 24.3 Å². The molecule has 316 valence electrons. The minimum absolute atomic E-state index is 0. The molecule has 2 aliphatic heterocycles. The first-order valence-corrected chi connectivity index (χ1v) is 22.6. The average molecular weight is 1000 g/mol. The standard InChI is InChI=1S/C56H53IN6.Zn/c1-53(2,3)37-24-35(25-38(28-37)54(4,5)6)50-43-15-13-41(60-43)49(34-22-32(30-58)21-33(23-34)31-59)42-14-16-44(61-42)51(36-26-39(55(7,8)9)29-40(27-36)56(10,11)12)46-18-20-48(63-46)52(57)47-19-17-45(50)62-47;/h13-29H,1-12H3;/q-2;+2. The molecule has 0 aliphatic carbocycles. The van der Waals surface area contributed by atoms with E-state index in [0.717, 1.165) is 65.0 Å². The van der Waals surface area contributed by atoms with Crippen LogP contribution in [-0.2, 0) is 41.1 Å². The molecule has 2 aliphatic rings. The van der Waals surface area contributed by atoms with E-state index in [1.165, 1.54) is 22.3 Å². The second kappa shape index (κ2) is 16.9. The van der Waals surface area contributed by atoms with Crippen molar-refractivity contribution in [3.63, 3.8) is 0 Å². The number of hydrogen-bond acceptors (Lipinski definition) is 4. The Hall–Kier alpha value is -5.41. The molecule has 5 heterocycles. The Labute approximate surface area is 404 Å². The van der Waals surface area contributed by atoms with Crippen molar-refractivity contribution in [2.45, 2.75) is 105 Å². The SMILES string of the molecule is CC(C)(C)c1cc(-c2c3nc(c(-c4cc(C#N)cc(C#N)c4)c4ccc([n-]4)c(-c4cc(C(C)(C)C)cc(C(C)(C)C)c4)c4nc(c(I)c5ccc2[n-]5)C=C4)C=C3)cc(C(C)(C)C)c1.[Zn+2]. The third-order valence-electron chi connectivity index (χ3n) is 11.9. The monoisotopic (exact) mass is 1000 g/mol. The van der Waals surface area contributed by atoms with Crippen molar-refractivity contribution >= 4 is 69.0 Å². The van der Waals surface area contributed by atoms with E-state index in [9.17, 15) is 10.5 Å². The summed E-state index contributed by atoms with van der Waals surface area (Å²) >= 11 is 2.39. The zero-order valence-electron chi connectivity index (χ0n) is 39.1. The molecule has 3 aromatic carbocycles. The van der Waals surface area contributed by atoms with Crippen molar-refractivity contribution in [2.24, 2.45) is 0 Å². The summed E-state index contributed by atoms with van der Waals surface area (Å²) in [6, 6.07) is 31.9. The summed E-state index contributed by atoms with van der Waals surface area (Å²) in [4.78, 5) is 21.6. The van der Waals surface area contributed by atoms with Gasteiger partial charge in [0.1, 0.15) is 0 Å². The normalized spacial score (nSPS) is 12.8. The molecule has 8 bridgehead atoms. The van der Waals surface area contributed by atoms with E-state index >= 15 is 0 Å². The van der Waals surface area contributed by atoms with Gasteiger partial charge in [-0.2, -0.15) is 10.5 Å². The minimum atomic E-state index is -0.112. The smallest absolute Gasteiger partial charge is 0.657 e. The van der Waals surface area contributed by atoms with Crippen LogP contribution in [0.3, 0.4) is 0 Å². The van der Waals surface area contributed by atoms with Gasteiger partial charge < -0.3 is 9.97 Å². The molecule has 8 rings (SSSR count). The van der Waals surface area contributed by atoms with Gasteiger partial charge in [0.05, 0.1) is 46.0 Å². The van der Waals surface area contributed by atoms with Crippen LogP contribution >= 0.6 is 22.6 Å². The van der Waals surface area contributed by atoms with Crippen LogP contribution in [0.2, 0.25) is 0 Å². The van der Waals surface area contributed by atoms with Crippen LogP contribution in [-0.4, -0.2) is 9.97 Å². The van der Waals surface area contributed by atoms with Crippen LogP contribution in [0.25, 0.3) is 79.8 Å². The first-order valence-electron chi connectivity index (χ1n) is 21.5. The maximum atomic E-state index is 10.2. The molecule has 0 radical (unpaired) electrons. The summed E-state index contributed by atoms with van der Waals surface area (Å²) in [5.41, 5.74) is 16.7. The van der Waals surface area contributed by atoms with Gasteiger partial charge in [0, 0.05) is 3.57 Å². The maximum absolute atomic E-state index is 10.2. The summed E-state index contributed by atoms with van der Waals surface area (Å²) < 4.78 is 0.946. The van der Waals surface area contributed by atoms with Crippen molar-refractivity contribution in [1.82, 2.24) is 19.9 Å². The third-order valence-corrected chi connectivity index (χ3v) is 13.0. The molecule has 0 amide bonds. The van der Waals surface area contributed by atoms with Gasteiger partial charge in [-0.15, -0.1) is 22.1 Å². The molecule has 0 spiro atoms. The van der Waals surface area contributed by atoms with Crippen LogP contribution in [0, 0.1) is 26.2 Å². The van der Waals surface area contributed by atoms with Gasteiger partial charge in [-0.25, -0.2) is 9.97 Å². The third kappa shape index (κ3) is 9.11. The van der Waals surface area contributed by atoms with Crippen LogP contribution in [0.1, 0.15) is 139 Å². The van der Waals surface area contributed by atoms with Gasteiger partial charge in [0.2, 0.25) is 0 Å². The zero-order valence-corrected chi connectivity index (χ0v) is 44.2. The average Bonchev–Trinajstić information content (AvgIpc) is 4.06. The molecule has 3 aromatic heterocycles. The number of halogens is 1. The molecule has 0 atom stereocenters. The molecule has 0 unspecified atom stereocenters. The number of fused-ring (bicyclic) bond motifs is 8. The van der Waals surface area contributed by atoms with E-state index in [0.29, 0.717) is 27.9 Å². The van der Waals surface area contributed by atoms with Gasteiger partial charge in [-0.3, -0.25) is 0 Å². The first-order chi connectivity index (χ1) is 29.5. The Balaban J connectivity index is 0.00000612. The van der Waals surface area contributed by atoms with E-state index in [2.05, 4.69) is 191 Å². The summed E-state index contributed by atoms with van der Waals surface area (Å²) in [6.45, 7) is 27.0. The fourth-order valence-electron chi connectivity index (χ4n) is 8.12. The molecule has 64 heavy (non-hydrogen) atoms. The van der Waals surface area contributed by atoms with Crippen molar-refractivity contribution < 1.29 is 19.5 Å². The van der Waals surface area contributed by atoms with E-state index in [1.54, 1.807) is 6.07 Å². The van der Waals surface area contributed by atoms with Gasteiger partial charge >= 0.3 is 19.5 Å². The van der Waals surface area contributed by atoms with Gasteiger partial charge in [-0.1, -0.05) is 144 Å². The predicted octanol–water partition coefficient (Wildman–Crippen LogP) is 14.5. The molecule has 6 nitrogen and oxygen atoms in total. The summed E-state index contributed by atoms with van der Waals surface area (Å²) in [5.74, 6) is 0. The maximum Gasteiger partial charge on any atom is 2.00 e. The van der Waals surface area contributed by atoms with Gasteiger partial charge in [0.25, 0.3) is 0 Å². The largest absolute Gasteiger partial charge is 2.00 e. The minimum Gasteiger partial charge on any atom is -0.657 e. The predicted molar refractivity (Wildman–Crippen MR) is 270 cm³/mol. The number of nitrogens with zero attached hydrogens (tertiary/aromatic N) is 6. The van der Waals surface area contributed by atoms with Crippen molar-refractivity contribution in [3.05, 3.63) is 139 Å². The fourth-order valence-corrected chi connectivity index (χ4v) is 8.72. The number of nitriles is 2. The molecule has 8 heteroatoms. The molecule has 0 saturated carbocycles. The zero-order chi connectivity index (χ0) is 45.4. The first kappa shape index (κ1) is 46.6. The molecule has 0 fully saturated rings. The quantitative estimate of drug-likeness (QED) is 0.129. The van der Waals surface area contributed by atoms with Gasteiger partial charge in [-0.05, 0) is 142 Å². The van der Waals surface area contributed by atoms with E-state index in [-0.39, 0.29) is 41.1 Å². The van der Waals surface area contributed by atoms with Crippen LogP contribution < -0.4 is 9.97 Å². The Morgan fingerprint density at radius 2 is 0.719 bits per heavy atom. The Morgan fingerprint density at radius 3 is 1.06 bits per heavy atom. The molecule has 6 aromatic rings. The molecular formula is C56H53IN6Zn. The van der Waals surface area contributed by atoms with Crippen LogP contribution in [0.5, 0.6) is 0 Å². The van der Waals surface area contributed by atoms with Crippen LogP contribution in [0.15, 0.2) is 78.9 Å².